The molecule has 1 aliphatic rings. The number of hydrogen-bond donors (Lipinski definition) is 2. The van der Waals surface area contributed by atoms with Gasteiger partial charge in [0, 0.05) is 38.3 Å². The number of carbonyl (C=O) groups is 1. The highest BCUT2D eigenvalue weighted by Gasteiger charge is 2.15. The molecule has 168 valence electrons. The predicted molar refractivity (Wildman–Crippen MR) is 125 cm³/mol. The molecule has 3 aromatic rings. The van der Waals surface area contributed by atoms with Gasteiger partial charge in [-0.2, -0.15) is 0 Å². The Labute approximate surface area is 188 Å². The molecule has 1 amide bonds. The van der Waals surface area contributed by atoms with E-state index >= 15 is 0 Å². The summed E-state index contributed by atoms with van der Waals surface area (Å²) in [5, 5.41) is 4.68. The molecule has 8 heteroatoms. The highest BCUT2D eigenvalue weighted by atomic mass is 32.2. The number of fused-ring (bicyclic) bond motifs is 1. The molecule has 0 saturated carbocycles. The molecular formula is C24H27N3O4S. The quantitative estimate of drug-likeness (QED) is 0.548. The maximum atomic E-state index is 12.6. The van der Waals surface area contributed by atoms with Crippen molar-refractivity contribution in [3.63, 3.8) is 0 Å². The fourth-order valence-corrected chi connectivity index (χ4v) is 4.77. The van der Waals surface area contributed by atoms with E-state index in [1.807, 2.05) is 48.5 Å². The molecule has 2 N–H and O–H groups in total. The molecule has 0 bridgehead atoms. The molecule has 0 spiro atoms. The zero-order valence-corrected chi connectivity index (χ0v) is 18.6. The Morgan fingerprint density at radius 2 is 1.72 bits per heavy atom. The number of amides is 1. The summed E-state index contributed by atoms with van der Waals surface area (Å²) in [5.41, 5.74) is 1.82. The van der Waals surface area contributed by atoms with Gasteiger partial charge in [-0.1, -0.05) is 42.5 Å². The number of morpholine rings is 1. The third-order valence-corrected chi connectivity index (χ3v) is 6.85. The summed E-state index contributed by atoms with van der Waals surface area (Å²) in [6.07, 6.45) is 0.0422. The van der Waals surface area contributed by atoms with Crippen LogP contribution in [0.4, 0.5) is 5.69 Å². The molecule has 0 radical (unpaired) electrons. The number of ether oxygens (including phenoxy) is 1. The molecule has 0 unspecified atom stereocenters. The highest BCUT2D eigenvalue weighted by molar-refractivity contribution is 7.89. The van der Waals surface area contributed by atoms with Crippen LogP contribution in [-0.2, 0) is 26.1 Å². The van der Waals surface area contributed by atoms with Crippen LogP contribution in [0.15, 0.2) is 71.6 Å². The van der Waals surface area contributed by atoms with Gasteiger partial charge in [-0.3, -0.25) is 9.69 Å². The highest BCUT2D eigenvalue weighted by Crippen LogP contribution is 2.19. The molecule has 1 fully saturated rings. The molecule has 32 heavy (non-hydrogen) atoms. The number of nitrogens with zero attached hydrogens (tertiary/aromatic N) is 1. The van der Waals surface area contributed by atoms with Gasteiger partial charge < -0.3 is 10.1 Å². The molecule has 0 atom stereocenters. The fourth-order valence-electron chi connectivity index (χ4n) is 3.71. The number of rotatable bonds is 8. The summed E-state index contributed by atoms with van der Waals surface area (Å²) in [4.78, 5) is 14.8. The first kappa shape index (κ1) is 22.4. The first-order valence-electron chi connectivity index (χ1n) is 10.7. The molecule has 1 aliphatic heterocycles. The summed E-state index contributed by atoms with van der Waals surface area (Å²) in [7, 11) is -3.69. The minimum Gasteiger partial charge on any atom is -0.379 e. The zero-order chi connectivity index (χ0) is 22.4. The second-order valence-corrected chi connectivity index (χ2v) is 9.56. The molecular weight excluding hydrogens is 426 g/mol. The largest absolute Gasteiger partial charge is 0.379 e. The number of benzene rings is 3. The lowest BCUT2D eigenvalue weighted by atomic mass is 10.1. The van der Waals surface area contributed by atoms with Gasteiger partial charge in [0.25, 0.3) is 0 Å². The minimum absolute atomic E-state index is 0.0223. The number of nitrogens with one attached hydrogen (secondary N) is 2. The standard InChI is InChI=1S/C24H27N3O4S/c28-24(26-22-7-3-4-19(16-22)18-27-12-14-31-15-13-27)10-11-25-32(29,30)23-9-8-20-5-1-2-6-21(20)17-23/h1-9,16-17,25H,10-15,18H2,(H,26,28). The summed E-state index contributed by atoms with van der Waals surface area (Å²) in [6.45, 7) is 4.10. The van der Waals surface area contributed by atoms with Crippen LogP contribution >= 0.6 is 0 Å². The van der Waals surface area contributed by atoms with Crippen molar-refractivity contribution in [2.75, 3.05) is 38.2 Å². The van der Waals surface area contributed by atoms with Gasteiger partial charge in [-0.15, -0.1) is 0 Å². The van der Waals surface area contributed by atoms with E-state index in [4.69, 9.17) is 4.74 Å². The average molecular weight is 454 g/mol. The number of carbonyl (C=O) groups excluding carboxylic acids is 1. The SMILES string of the molecule is O=C(CCNS(=O)(=O)c1ccc2ccccc2c1)Nc1cccc(CN2CCOCC2)c1. The summed E-state index contributed by atoms with van der Waals surface area (Å²) in [6, 6.07) is 20.3. The van der Waals surface area contributed by atoms with Crippen molar-refractivity contribution in [2.24, 2.45) is 0 Å². The Kier molecular flexibility index (Phi) is 7.16. The second kappa shape index (κ2) is 10.2. The molecule has 1 heterocycles. The second-order valence-electron chi connectivity index (χ2n) is 7.79. The van der Waals surface area contributed by atoms with Gasteiger partial charge in [-0.25, -0.2) is 13.1 Å². The maximum Gasteiger partial charge on any atom is 0.240 e. The van der Waals surface area contributed by atoms with Crippen LogP contribution in [-0.4, -0.2) is 52.1 Å². The van der Waals surface area contributed by atoms with Crippen molar-refractivity contribution in [1.29, 1.82) is 0 Å². The summed E-state index contributed by atoms with van der Waals surface area (Å²) < 4.78 is 33.1. The first-order chi connectivity index (χ1) is 15.5. The van der Waals surface area contributed by atoms with E-state index in [0.29, 0.717) is 5.69 Å². The van der Waals surface area contributed by atoms with E-state index in [-0.39, 0.29) is 23.8 Å². The van der Waals surface area contributed by atoms with E-state index in [9.17, 15) is 13.2 Å². The van der Waals surface area contributed by atoms with Crippen molar-refractivity contribution in [2.45, 2.75) is 17.9 Å². The Morgan fingerprint density at radius 3 is 2.53 bits per heavy atom. The van der Waals surface area contributed by atoms with Gasteiger partial charge in [0.15, 0.2) is 0 Å². The third kappa shape index (κ3) is 5.92. The zero-order valence-electron chi connectivity index (χ0n) is 17.8. The van der Waals surface area contributed by atoms with E-state index < -0.39 is 10.0 Å². The molecule has 3 aromatic carbocycles. The van der Waals surface area contributed by atoms with Crippen molar-refractivity contribution >= 4 is 32.4 Å². The Hall–Kier alpha value is -2.78. The Balaban J connectivity index is 1.29. The van der Waals surface area contributed by atoms with Crippen LogP contribution in [0.1, 0.15) is 12.0 Å². The number of hydrogen-bond acceptors (Lipinski definition) is 5. The Bertz CT molecular complexity index is 1190. The van der Waals surface area contributed by atoms with E-state index in [0.717, 1.165) is 49.2 Å². The van der Waals surface area contributed by atoms with Crippen molar-refractivity contribution in [3.8, 4) is 0 Å². The monoisotopic (exact) mass is 453 g/mol. The van der Waals surface area contributed by atoms with E-state index in [1.54, 1.807) is 18.2 Å². The molecule has 0 aromatic heterocycles. The summed E-state index contributed by atoms with van der Waals surface area (Å²) >= 11 is 0. The number of sulfonamides is 1. The number of anilines is 1. The van der Waals surface area contributed by atoms with Crippen LogP contribution < -0.4 is 10.0 Å². The molecule has 4 rings (SSSR count). The fraction of sp³-hybridized carbons (Fsp3) is 0.292. The smallest absolute Gasteiger partial charge is 0.240 e. The molecule has 7 nitrogen and oxygen atoms in total. The van der Waals surface area contributed by atoms with Gasteiger partial charge in [0.2, 0.25) is 15.9 Å². The van der Waals surface area contributed by atoms with Gasteiger partial charge >= 0.3 is 0 Å². The topological polar surface area (TPSA) is 87.7 Å². The lowest BCUT2D eigenvalue weighted by molar-refractivity contribution is -0.116. The van der Waals surface area contributed by atoms with Crippen molar-refractivity contribution in [1.82, 2.24) is 9.62 Å². The summed E-state index contributed by atoms with van der Waals surface area (Å²) in [5.74, 6) is -0.241. The lowest BCUT2D eigenvalue weighted by Crippen LogP contribution is -2.35. The van der Waals surface area contributed by atoms with E-state index in [2.05, 4.69) is 14.9 Å². The first-order valence-corrected chi connectivity index (χ1v) is 12.2. The van der Waals surface area contributed by atoms with Crippen molar-refractivity contribution < 1.29 is 17.9 Å². The van der Waals surface area contributed by atoms with Crippen LogP contribution in [0.5, 0.6) is 0 Å². The Morgan fingerprint density at radius 1 is 0.938 bits per heavy atom. The van der Waals surface area contributed by atoms with Crippen molar-refractivity contribution in [3.05, 3.63) is 72.3 Å². The van der Waals surface area contributed by atoms with Crippen LogP contribution in [0, 0.1) is 0 Å². The van der Waals surface area contributed by atoms with Crippen LogP contribution in [0.25, 0.3) is 10.8 Å². The molecule has 1 saturated heterocycles. The van der Waals surface area contributed by atoms with Gasteiger partial charge in [0.1, 0.15) is 0 Å². The predicted octanol–water partition coefficient (Wildman–Crippen LogP) is 2.98. The van der Waals surface area contributed by atoms with Gasteiger partial charge in [-0.05, 0) is 40.6 Å². The van der Waals surface area contributed by atoms with Crippen LogP contribution in [0.2, 0.25) is 0 Å². The normalized spacial score (nSPS) is 15.0. The third-order valence-electron chi connectivity index (χ3n) is 5.40. The van der Waals surface area contributed by atoms with Gasteiger partial charge in [0.05, 0.1) is 18.1 Å². The average Bonchev–Trinajstić information content (AvgIpc) is 2.79. The van der Waals surface area contributed by atoms with Crippen LogP contribution in [0.3, 0.4) is 0 Å². The van der Waals surface area contributed by atoms with E-state index in [1.165, 1.54) is 0 Å². The minimum atomic E-state index is -3.69. The lowest BCUT2D eigenvalue weighted by Gasteiger charge is -2.26. The maximum absolute atomic E-state index is 12.6. The molecule has 0 aliphatic carbocycles.